The van der Waals surface area contributed by atoms with Gasteiger partial charge in [-0.25, -0.2) is 4.79 Å². The summed E-state index contributed by atoms with van der Waals surface area (Å²) in [7, 11) is 1.20. The molecule has 2 heterocycles. The predicted octanol–water partition coefficient (Wildman–Crippen LogP) is 4.59. The van der Waals surface area contributed by atoms with E-state index in [1.54, 1.807) is 78.9 Å². The van der Waals surface area contributed by atoms with Crippen LogP contribution in [0.1, 0.15) is 17.0 Å². The van der Waals surface area contributed by atoms with Crippen LogP contribution in [0.2, 0.25) is 15.1 Å². The van der Waals surface area contributed by atoms with Gasteiger partial charge in [-0.15, -0.1) is 11.3 Å². The fourth-order valence-corrected chi connectivity index (χ4v) is 6.19. The zero-order valence-electron chi connectivity index (χ0n) is 20.8. The third-order valence-electron chi connectivity index (χ3n) is 6.31. The van der Waals surface area contributed by atoms with Gasteiger partial charge in [-0.3, -0.25) is 14.2 Å². The number of nitrogens with one attached hydrogen (secondary N) is 1. The van der Waals surface area contributed by atoms with E-state index in [9.17, 15) is 14.4 Å². The van der Waals surface area contributed by atoms with Crippen molar-refractivity contribution < 1.29 is 14.3 Å². The van der Waals surface area contributed by atoms with Crippen LogP contribution in [0.3, 0.4) is 0 Å². The maximum absolute atomic E-state index is 14.0. The molecular weight excluding hydrogens is 593 g/mol. The number of carbonyl (C=O) groups is 2. The van der Waals surface area contributed by atoms with Crippen LogP contribution in [-0.2, 0) is 14.3 Å². The lowest BCUT2D eigenvalue weighted by molar-refractivity contribution is -0.136. The zero-order chi connectivity index (χ0) is 28.6. The van der Waals surface area contributed by atoms with Gasteiger partial charge in [-0.1, -0.05) is 71.2 Å². The molecular formula is C29H20Cl3N3O4S. The Morgan fingerprint density at radius 2 is 1.60 bits per heavy atom. The van der Waals surface area contributed by atoms with Crippen LogP contribution in [0.5, 0.6) is 0 Å². The van der Waals surface area contributed by atoms with E-state index in [1.807, 2.05) is 0 Å². The third-order valence-corrected chi connectivity index (χ3v) is 8.36. The number of thiazole rings is 1. The highest BCUT2D eigenvalue weighted by Crippen LogP contribution is 2.40. The van der Waals surface area contributed by atoms with Crippen molar-refractivity contribution in [3.8, 4) is 0 Å². The number of benzene rings is 3. The van der Waals surface area contributed by atoms with Crippen molar-refractivity contribution in [2.45, 2.75) is 5.92 Å². The summed E-state index contributed by atoms with van der Waals surface area (Å²) < 4.78 is 6.72. The molecule has 1 aromatic heterocycles. The molecule has 1 aliphatic heterocycles. The first-order valence-corrected chi connectivity index (χ1v) is 13.8. The van der Waals surface area contributed by atoms with Crippen LogP contribution in [0.15, 0.2) is 83.2 Å². The molecule has 3 N–H and O–H groups in total. The summed E-state index contributed by atoms with van der Waals surface area (Å²) in [4.78, 5) is 40.9. The highest BCUT2D eigenvalue weighted by atomic mass is 35.5. The lowest BCUT2D eigenvalue weighted by Crippen LogP contribution is -2.42. The summed E-state index contributed by atoms with van der Waals surface area (Å²) in [6.45, 7) is 0. The normalized spacial score (nSPS) is 15.2. The number of carbonyl (C=O) groups excluding carboxylic acids is 2. The monoisotopic (exact) mass is 611 g/mol. The molecule has 0 radical (unpaired) electrons. The Balaban J connectivity index is 1.86. The second-order valence-electron chi connectivity index (χ2n) is 8.70. The Kier molecular flexibility index (Phi) is 7.87. The number of aromatic nitrogens is 1. The number of hydrogen-bond acceptors (Lipinski definition) is 6. The Bertz CT molecular complexity index is 1880. The van der Waals surface area contributed by atoms with Crippen molar-refractivity contribution in [1.29, 1.82) is 0 Å². The number of ether oxygens (including phenoxy) is 1. The van der Waals surface area contributed by atoms with E-state index >= 15 is 0 Å². The molecule has 0 fully saturated rings. The fourth-order valence-electron chi connectivity index (χ4n) is 4.46. The molecule has 0 saturated heterocycles. The highest BCUT2D eigenvalue weighted by molar-refractivity contribution is 7.07. The van der Waals surface area contributed by atoms with E-state index in [2.05, 4.69) is 5.32 Å². The summed E-state index contributed by atoms with van der Waals surface area (Å²) in [6, 6.07) is 20.3. The molecule has 0 aliphatic carbocycles. The van der Waals surface area contributed by atoms with Gasteiger partial charge in [0.05, 0.1) is 28.7 Å². The Morgan fingerprint density at radius 1 is 0.950 bits per heavy atom. The number of nitrogens with zero attached hydrogens (tertiary/aromatic N) is 1. The minimum atomic E-state index is -1.04. The molecule has 0 bridgehead atoms. The van der Waals surface area contributed by atoms with Crippen LogP contribution in [0.4, 0.5) is 5.69 Å². The summed E-state index contributed by atoms with van der Waals surface area (Å²) in [6.07, 6.45) is 1.62. The SMILES string of the molecule is COC(=O)C1=C(N)n2c(s/c(=C/c3ccccc3Cl)c2=O)=C(C(=O)Nc2ccc(Cl)cc2)C1c1ccccc1Cl. The van der Waals surface area contributed by atoms with Crippen molar-refractivity contribution in [2.24, 2.45) is 5.73 Å². The predicted molar refractivity (Wildman–Crippen MR) is 160 cm³/mol. The standard InChI is InChI=1S/C29H20Cl3N3O4S/c1-39-29(38)23-22(18-7-3-5-9-20(18)32)24(26(36)34-17-12-10-16(30)11-13-17)28-35(25(23)33)27(37)21(40-28)14-15-6-2-4-8-19(15)31/h2-14,22H,33H2,1H3,(H,34,36)/b21-14+. The minimum absolute atomic E-state index is 0.0893. The summed E-state index contributed by atoms with van der Waals surface area (Å²) >= 11 is 20.0. The third kappa shape index (κ3) is 5.07. The number of anilines is 1. The number of fused-ring (bicyclic) bond motifs is 1. The van der Waals surface area contributed by atoms with Gasteiger partial charge < -0.3 is 15.8 Å². The smallest absolute Gasteiger partial charge is 0.338 e. The van der Waals surface area contributed by atoms with E-state index in [0.717, 1.165) is 15.9 Å². The van der Waals surface area contributed by atoms with E-state index in [0.29, 0.717) is 31.9 Å². The molecule has 40 heavy (non-hydrogen) atoms. The first-order chi connectivity index (χ1) is 19.2. The quantitative estimate of drug-likeness (QED) is 0.321. The number of hydrogen-bond donors (Lipinski definition) is 2. The summed E-state index contributed by atoms with van der Waals surface area (Å²) in [5, 5.41) is 4.08. The van der Waals surface area contributed by atoms with Crippen LogP contribution >= 0.6 is 46.1 Å². The van der Waals surface area contributed by atoms with Gasteiger partial charge in [0.1, 0.15) is 10.5 Å². The van der Waals surface area contributed by atoms with E-state index < -0.39 is 23.4 Å². The Labute approximate surface area is 247 Å². The van der Waals surface area contributed by atoms with Crippen molar-refractivity contribution in [3.05, 3.63) is 124 Å². The van der Waals surface area contributed by atoms with Gasteiger partial charge in [0.2, 0.25) is 0 Å². The molecule has 7 nitrogen and oxygen atoms in total. The summed E-state index contributed by atoms with van der Waals surface area (Å²) in [5.41, 5.74) is 7.50. The number of halogens is 3. The molecule has 0 saturated carbocycles. The van der Waals surface area contributed by atoms with Crippen LogP contribution in [0, 0.1) is 0 Å². The number of amides is 1. The number of esters is 1. The molecule has 1 aliphatic rings. The number of rotatable bonds is 5. The number of methoxy groups -OCH3 is 1. The van der Waals surface area contributed by atoms with Crippen LogP contribution in [0.25, 0.3) is 17.5 Å². The fraction of sp³-hybridized carbons (Fsp3) is 0.0690. The lowest BCUT2D eigenvalue weighted by atomic mass is 9.82. The van der Waals surface area contributed by atoms with Gasteiger partial charge in [-0.2, -0.15) is 0 Å². The highest BCUT2D eigenvalue weighted by Gasteiger charge is 2.40. The first kappa shape index (κ1) is 27.7. The van der Waals surface area contributed by atoms with Crippen LogP contribution in [-0.4, -0.2) is 23.6 Å². The molecule has 1 unspecified atom stereocenters. The van der Waals surface area contributed by atoms with E-state index in [4.69, 9.17) is 45.3 Å². The summed E-state index contributed by atoms with van der Waals surface area (Å²) in [5.74, 6) is -2.57. The van der Waals surface area contributed by atoms with E-state index in [1.165, 1.54) is 7.11 Å². The maximum Gasteiger partial charge on any atom is 0.338 e. The molecule has 202 valence electrons. The van der Waals surface area contributed by atoms with Gasteiger partial charge in [0, 0.05) is 20.8 Å². The molecule has 3 aromatic carbocycles. The van der Waals surface area contributed by atoms with Crippen LogP contribution < -0.4 is 25.8 Å². The average Bonchev–Trinajstić information content (AvgIpc) is 3.26. The molecule has 0 spiro atoms. The van der Waals surface area contributed by atoms with Gasteiger partial charge >= 0.3 is 5.97 Å². The van der Waals surface area contributed by atoms with Crippen molar-refractivity contribution in [2.75, 3.05) is 12.4 Å². The lowest BCUT2D eigenvalue weighted by Gasteiger charge is -2.27. The molecule has 1 amide bonds. The second-order valence-corrected chi connectivity index (χ2v) is 11.0. The van der Waals surface area contributed by atoms with Gasteiger partial charge in [-0.05, 0) is 53.6 Å². The molecule has 1 atom stereocenters. The molecule has 5 rings (SSSR count). The van der Waals surface area contributed by atoms with Crippen molar-refractivity contribution in [3.63, 3.8) is 0 Å². The van der Waals surface area contributed by atoms with E-state index in [-0.39, 0.29) is 26.2 Å². The van der Waals surface area contributed by atoms with Crippen molar-refractivity contribution >= 4 is 81.2 Å². The average molecular weight is 613 g/mol. The molecule has 4 aromatic rings. The van der Waals surface area contributed by atoms with Gasteiger partial charge in [0.15, 0.2) is 0 Å². The topological polar surface area (TPSA) is 103 Å². The Hall–Kier alpha value is -3.82. The maximum atomic E-state index is 14.0. The Morgan fingerprint density at radius 3 is 2.25 bits per heavy atom. The van der Waals surface area contributed by atoms with Gasteiger partial charge in [0.25, 0.3) is 11.5 Å². The second kappa shape index (κ2) is 11.3. The van der Waals surface area contributed by atoms with Crippen molar-refractivity contribution in [1.82, 2.24) is 4.57 Å². The minimum Gasteiger partial charge on any atom is -0.466 e. The first-order valence-electron chi connectivity index (χ1n) is 11.8. The molecule has 11 heteroatoms. The zero-order valence-corrected chi connectivity index (χ0v) is 23.9. The number of nitrogens with two attached hydrogens (primary N) is 1. The largest absolute Gasteiger partial charge is 0.466 e.